The van der Waals surface area contributed by atoms with Gasteiger partial charge in [0.2, 0.25) is 12.3 Å². The molecule has 0 saturated carbocycles. The van der Waals surface area contributed by atoms with Crippen molar-refractivity contribution in [2.75, 3.05) is 6.54 Å². The molecule has 3 aromatic rings. The Hall–Kier alpha value is -3.16. The monoisotopic (exact) mass is 367 g/mol. The summed E-state index contributed by atoms with van der Waals surface area (Å²) in [4.78, 5) is 30.9. The minimum atomic E-state index is -0.503. The Kier molecular flexibility index (Phi) is 4.62. The zero-order valence-electron chi connectivity index (χ0n) is 14.9. The van der Waals surface area contributed by atoms with Gasteiger partial charge in [-0.3, -0.25) is 9.59 Å². The molecule has 8 nitrogen and oxygen atoms in total. The van der Waals surface area contributed by atoms with Gasteiger partial charge in [-0.15, -0.1) is 0 Å². The largest absolute Gasteiger partial charge is 0.366 e. The smallest absolute Gasteiger partial charge is 0.250 e. The quantitative estimate of drug-likeness (QED) is 0.761. The van der Waals surface area contributed by atoms with Gasteiger partial charge in [0, 0.05) is 23.6 Å². The highest BCUT2D eigenvalue weighted by Gasteiger charge is 2.30. The van der Waals surface area contributed by atoms with E-state index in [1.807, 2.05) is 29.2 Å². The lowest BCUT2D eigenvalue weighted by Crippen LogP contribution is -2.37. The summed E-state index contributed by atoms with van der Waals surface area (Å²) in [6.07, 6.45) is 6.79. The molecule has 140 valence electrons. The molecule has 27 heavy (non-hydrogen) atoms. The molecular formula is C19H21N5O3. The summed E-state index contributed by atoms with van der Waals surface area (Å²) in [5.41, 5.74) is 6.73. The van der Waals surface area contributed by atoms with E-state index in [1.54, 1.807) is 10.8 Å². The van der Waals surface area contributed by atoms with Crippen LogP contribution in [0.15, 0.2) is 41.4 Å². The Morgan fingerprint density at radius 3 is 2.85 bits per heavy atom. The number of para-hydroxylation sites is 1. The number of hydrogen-bond donors (Lipinski definition) is 1. The number of nitrogens with two attached hydrogens (primary N) is 1. The molecule has 1 aromatic carbocycles. The molecule has 0 spiro atoms. The Bertz CT molecular complexity index is 963. The SMILES string of the molecule is NC(=O)c1cn(CC(=O)N2CCCCCC2c2ncon2)c2ccccc12. The van der Waals surface area contributed by atoms with E-state index in [-0.39, 0.29) is 18.5 Å². The third-order valence-corrected chi connectivity index (χ3v) is 5.11. The molecule has 3 heterocycles. The normalized spacial score (nSPS) is 17.8. The van der Waals surface area contributed by atoms with Gasteiger partial charge >= 0.3 is 0 Å². The van der Waals surface area contributed by atoms with Gasteiger partial charge < -0.3 is 19.7 Å². The lowest BCUT2D eigenvalue weighted by molar-refractivity contribution is -0.134. The van der Waals surface area contributed by atoms with Crippen LogP contribution in [0.3, 0.4) is 0 Å². The molecule has 1 atom stereocenters. The van der Waals surface area contributed by atoms with Crippen molar-refractivity contribution in [3.05, 3.63) is 48.2 Å². The lowest BCUT2D eigenvalue weighted by atomic mass is 10.1. The van der Waals surface area contributed by atoms with Crippen molar-refractivity contribution in [3.63, 3.8) is 0 Å². The summed E-state index contributed by atoms with van der Waals surface area (Å²) in [6, 6.07) is 7.26. The zero-order chi connectivity index (χ0) is 18.8. The number of carbonyl (C=O) groups excluding carboxylic acids is 2. The summed E-state index contributed by atoms with van der Waals surface area (Å²) in [6.45, 7) is 0.780. The number of hydrogen-bond acceptors (Lipinski definition) is 5. The molecule has 4 rings (SSSR count). The second-order valence-electron chi connectivity index (χ2n) is 6.79. The maximum atomic E-state index is 13.2. The number of aromatic nitrogens is 3. The number of nitrogens with zero attached hydrogens (tertiary/aromatic N) is 4. The van der Waals surface area contributed by atoms with Crippen molar-refractivity contribution < 1.29 is 14.1 Å². The molecule has 8 heteroatoms. The third-order valence-electron chi connectivity index (χ3n) is 5.11. The number of amides is 2. The molecule has 1 aliphatic heterocycles. The number of fused-ring (bicyclic) bond motifs is 1. The first-order valence-electron chi connectivity index (χ1n) is 9.08. The molecule has 0 bridgehead atoms. The predicted octanol–water partition coefficient (Wildman–Crippen LogP) is 2.27. The highest BCUT2D eigenvalue weighted by Crippen LogP contribution is 2.29. The van der Waals surface area contributed by atoms with E-state index >= 15 is 0 Å². The van der Waals surface area contributed by atoms with Crippen molar-refractivity contribution in [1.29, 1.82) is 0 Å². The Morgan fingerprint density at radius 1 is 1.22 bits per heavy atom. The molecule has 1 fully saturated rings. The number of likely N-dealkylation sites (tertiary alicyclic amines) is 1. The average molecular weight is 367 g/mol. The van der Waals surface area contributed by atoms with Crippen LogP contribution in [-0.4, -0.2) is 38.0 Å². The second-order valence-corrected chi connectivity index (χ2v) is 6.79. The summed E-state index contributed by atoms with van der Waals surface area (Å²) in [5, 5.41) is 4.70. The van der Waals surface area contributed by atoms with Crippen LogP contribution in [0.25, 0.3) is 10.9 Å². The van der Waals surface area contributed by atoms with Crippen LogP contribution in [0.1, 0.15) is 47.9 Å². The number of rotatable bonds is 4. The molecule has 2 aromatic heterocycles. The van der Waals surface area contributed by atoms with Crippen LogP contribution in [0, 0.1) is 0 Å². The van der Waals surface area contributed by atoms with Crippen LogP contribution < -0.4 is 5.73 Å². The summed E-state index contributed by atoms with van der Waals surface area (Å²) < 4.78 is 6.67. The first-order chi connectivity index (χ1) is 13.1. The van der Waals surface area contributed by atoms with Gasteiger partial charge in [-0.2, -0.15) is 4.98 Å². The van der Waals surface area contributed by atoms with Crippen LogP contribution in [-0.2, 0) is 11.3 Å². The summed E-state index contributed by atoms with van der Waals surface area (Å²) >= 11 is 0. The van der Waals surface area contributed by atoms with E-state index in [0.717, 1.165) is 36.6 Å². The van der Waals surface area contributed by atoms with E-state index < -0.39 is 5.91 Å². The second kappa shape index (κ2) is 7.22. The fraction of sp³-hybridized carbons (Fsp3) is 0.368. The van der Waals surface area contributed by atoms with Crippen LogP contribution >= 0.6 is 0 Å². The van der Waals surface area contributed by atoms with Gasteiger partial charge in [0.05, 0.1) is 11.6 Å². The standard InChI is InChI=1S/C19H21N5O3/c20-18(26)14-10-23(15-7-4-3-6-13(14)15)11-17(25)24-9-5-1-2-8-16(24)19-21-12-27-22-19/h3-4,6-7,10,12,16H,1-2,5,8-9,11H2,(H2,20,26). The van der Waals surface area contributed by atoms with Crippen molar-refractivity contribution in [2.24, 2.45) is 5.73 Å². The topological polar surface area (TPSA) is 107 Å². The van der Waals surface area contributed by atoms with Crippen molar-refractivity contribution in [3.8, 4) is 0 Å². The van der Waals surface area contributed by atoms with Crippen LogP contribution in [0.5, 0.6) is 0 Å². The molecule has 0 radical (unpaired) electrons. The fourth-order valence-electron chi connectivity index (χ4n) is 3.81. The summed E-state index contributed by atoms with van der Waals surface area (Å²) in [7, 11) is 0. The van der Waals surface area contributed by atoms with Gasteiger partial charge in [-0.05, 0) is 18.9 Å². The minimum Gasteiger partial charge on any atom is -0.366 e. The maximum absolute atomic E-state index is 13.2. The molecule has 0 aliphatic carbocycles. The number of carbonyl (C=O) groups is 2. The van der Waals surface area contributed by atoms with Crippen LogP contribution in [0.4, 0.5) is 0 Å². The highest BCUT2D eigenvalue weighted by atomic mass is 16.5. The molecular weight excluding hydrogens is 346 g/mol. The molecule has 1 saturated heterocycles. The van der Waals surface area contributed by atoms with Gasteiger partial charge in [-0.25, -0.2) is 0 Å². The Balaban J connectivity index is 1.64. The van der Waals surface area contributed by atoms with E-state index in [9.17, 15) is 9.59 Å². The maximum Gasteiger partial charge on any atom is 0.250 e. The van der Waals surface area contributed by atoms with E-state index in [2.05, 4.69) is 10.1 Å². The average Bonchev–Trinajstić information content (AvgIpc) is 3.24. The third kappa shape index (κ3) is 3.30. The van der Waals surface area contributed by atoms with Gasteiger partial charge in [0.25, 0.3) is 5.91 Å². The van der Waals surface area contributed by atoms with Crippen molar-refractivity contribution in [1.82, 2.24) is 19.6 Å². The van der Waals surface area contributed by atoms with Crippen LogP contribution in [0.2, 0.25) is 0 Å². The lowest BCUT2D eigenvalue weighted by Gasteiger charge is -2.28. The van der Waals surface area contributed by atoms with Crippen molar-refractivity contribution >= 4 is 22.7 Å². The van der Waals surface area contributed by atoms with Gasteiger partial charge in [0.15, 0.2) is 5.82 Å². The first kappa shape index (κ1) is 17.3. The molecule has 1 aliphatic rings. The summed E-state index contributed by atoms with van der Waals surface area (Å²) in [5.74, 6) is 0.000702. The molecule has 2 amide bonds. The number of benzene rings is 1. The Labute approximate surface area is 155 Å². The zero-order valence-corrected chi connectivity index (χ0v) is 14.9. The Morgan fingerprint density at radius 2 is 2.07 bits per heavy atom. The van der Waals surface area contributed by atoms with E-state index in [4.69, 9.17) is 10.3 Å². The first-order valence-corrected chi connectivity index (χ1v) is 9.08. The number of primary amides is 1. The minimum absolute atomic E-state index is 0.0385. The van der Waals surface area contributed by atoms with Gasteiger partial charge in [-0.1, -0.05) is 36.2 Å². The molecule has 2 N–H and O–H groups in total. The predicted molar refractivity (Wildman–Crippen MR) is 97.7 cm³/mol. The van der Waals surface area contributed by atoms with E-state index in [1.165, 1.54) is 6.39 Å². The van der Waals surface area contributed by atoms with Crippen molar-refractivity contribution in [2.45, 2.75) is 38.3 Å². The molecule has 1 unspecified atom stereocenters. The van der Waals surface area contributed by atoms with E-state index in [0.29, 0.717) is 17.9 Å². The highest BCUT2D eigenvalue weighted by molar-refractivity contribution is 6.06. The van der Waals surface area contributed by atoms with Gasteiger partial charge in [0.1, 0.15) is 6.54 Å². The fourth-order valence-corrected chi connectivity index (χ4v) is 3.81.